The molecule has 17 heavy (non-hydrogen) atoms. The summed E-state index contributed by atoms with van der Waals surface area (Å²) in [4.78, 5) is 8.06. The SMILES string of the molecule is Cc1c(Cl)ncnc1NCCOC1CCCC1. The van der Waals surface area contributed by atoms with E-state index >= 15 is 0 Å². The van der Waals surface area contributed by atoms with Gasteiger partial charge in [0.05, 0.1) is 12.7 Å². The summed E-state index contributed by atoms with van der Waals surface area (Å²) in [6.07, 6.45) is 6.95. The average molecular weight is 256 g/mol. The minimum atomic E-state index is 0.465. The third-order valence-corrected chi connectivity index (χ3v) is 3.45. The second-order valence-corrected chi connectivity index (χ2v) is 4.70. The van der Waals surface area contributed by atoms with Crippen molar-refractivity contribution in [2.24, 2.45) is 0 Å². The van der Waals surface area contributed by atoms with Crippen LogP contribution >= 0.6 is 11.6 Å². The van der Waals surface area contributed by atoms with Crippen LogP contribution in [0, 0.1) is 6.92 Å². The zero-order valence-corrected chi connectivity index (χ0v) is 10.8. The zero-order chi connectivity index (χ0) is 12.1. The lowest BCUT2D eigenvalue weighted by Gasteiger charge is -2.12. The molecule has 2 rings (SSSR count). The van der Waals surface area contributed by atoms with Crippen LogP contribution in [0.25, 0.3) is 0 Å². The molecule has 0 radical (unpaired) electrons. The van der Waals surface area contributed by atoms with Crippen molar-refractivity contribution in [1.29, 1.82) is 0 Å². The molecule has 0 aromatic carbocycles. The average Bonchev–Trinajstić information content (AvgIpc) is 2.83. The Morgan fingerprint density at radius 2 is 2.18 bits per heavy atom. The molecule has 4 nitrogen and oxygen atoms in total. The number of aromatic nitrogens is 2. The third kappa shape index (κ3) is 3.54. The Balaban J connectivity index is 1.72. The van der Waals surface area contributed by atoms with Crippen LogP contribution in [0.5, 0.6) is 0 Å². The minimum absolute atomic E-state index is 0.465. The van der Waals surface area contributed by atoms with Gasteiger partial charge in [0.25, 0.3) is 0 Å². The van der Waals surface area contributed by atoms with Crippen LogP contribution in [0.4, 0.5) is 5.82 Å². The van der Waals surface area contributed by atoms with Crippen molar-refractivity contribution in [1.82, 2.24) is 9.97 Å². The summed E-state index contributed by atoms with van der Waals surface area (Å²) in [6, 6.07) is 0. The smallest absolute Gasteiger partial charge is 0.137 e. The fourth-order valence-corrected chi connectivity index (χ4v) is 2.19. The van der Waals surface area contributed by atoms with Crippen LogP contribution in [0.1, 0.15) is 31.2 Å². The number of nitrogens with one attached hydrogen (secondary N) is 1. The molecule has 1 aromatic rings. The molecule has 0 bridgehead atoms. The summed E-state index contributed by atoms with van der Waals surface area (Å²) >= 11 is 5.91. The molecule has 1 aliphatic carbocycles. The van der Waals surface area contributed by atoms with E-state index in [9.17, 15) is 0 Å². The Hall–Kier alpha value is -0.870. The Kier molecular flexibility index (Phi) is 4.57. The van der Waals surface area contributed by atoms with Crippen LogP contribution in [-0.4, -0.2) is 29.2 Å². The lowest BCUT2D eigenvalue weighted by atomic mass is 10.3. The summed E-state index contributed by atoms with van der Waals surface area (Å²) in [5, 5.41) is 3.72. The topological polar surface area (TPSA) is 47.0 Å². The summed E-state index contributed by atoms with van der Waals surface area (Å²) in [5.74, 6) is 0.792. The molecule has 1 heterocycles. The van der Waals surface area contributed by atoms with E-state index in [1.54, 1.807) is 0 Å². The fourth-order valence-electron chi connectivity index (χ4n) is 2.06. The molecular weight excluding hydrogens is 238 g/mol. The molecule has 94 valence electrons. The van der Waals surface area contributed by atoms with Crippen molar-refractivity contribution in [3.05, 3.63) is 17.0 Å². The Bertz CT molecular complexity index is 367. The van der Waals surface area contributed by atoms with E-state index in [1.807, 2.05) is 6.92 Å². The molecule has 0 saturated heterocycles. The van der Waals surface area contributed by atoms with Crippen LogP contribution in [0.15, 0.2) is 6.33 Å². The number of nitrogens with zero attached hydrogens (tertiary/aromatic N) is 2. The van der Waals surface area contributed by atoms with Crippen molar-refractivity contribution in [2.45, 2.75) is 38.7 Å². The van der Waals surface area contributed by atoms with Gasteiger partial charge in [-0.3, -0.25) is 0 Å². The first-order valence-electron chi connectivity index (χ1n) is 6.10. The zero-order valence-electron chi connectivity index (χ0n) is 10.1. The molecule has 1 aliphatic rings. The van der Waals surface area contributed by atoms with Gasteiger partial charge >= 0.3 is 0 Å². The quantitative estimate of drug-likeness (QED) is 0.649. The molecule has 1 N–H and O–H groups in total. The maximum atomic E-state index is 5.91. The normalized spacial score (nSPS) is 16.4. The van der Waals surface area contributed by atoms with E-state index in [-0.39, 0.29) is 0 Å². The number of hydrogen-bond acceptors (Lipinski definition) is 4. The summed E-state index contributed by atoms with van der Waals surface area (Å²) in [6.45, 7) is 3.37. The van der Waals surface area contributed by atoms with Crippen LogP contribution < -0.4 is 5.32 Å². The first-order valence-corrected chi connectivity index (χ1v) is 6.47. The van der Waals surface area contributed by atoms with Crippen molar-refractivity contribution in [2.75, 3.05) is 18.5 Å². The van der Waals surface area contributed by atoms with Crippen molar-refractivity contribution in [3.63, 3.8) is 0 Å². The van der Waals surface area contributed by atoms with E-state index < -0.39 is 0 Å². The highest BCUT2D eigenvalue weighted by atomic mass is 35.5. The largest absolute Gasteiger partial charge is 0.376 e. The Morgan fingerprint density at radius 1 is 1.41 bits per heavy atom. The van der Waals surface area contributed by atoms with Crippen molar-refractivity contribution >= 4 is 17.4 Å². The molecule has 1 fully saturated rings. The van der Waals surface area contributed by atoms with Crippen LogP contribution in [-0.2, 0) is 4.74 Å². The van der Waals surface area contributed by atoms with Gasteiger partial charge in [0.1, 0.15) is 17.3 Å². The van der Waals surface area contributed by atoms with E-state index in [4.69, 9.17) is 16.3 Å². The Labute approximate surface area is 107 Å². The summed E-state index contributed by atoms with van der Waals surface area (Å²) in [5.41, 5.74) is 0.884. The van der Waals surface area contributed by atoms with Crippen molar-refractivity contribution in [3.8, 4) is 0 Å². The van der Waals surface area contributed by atoms with Gasteiger partial charge in [-0.2, -0.15) is 0 Å². The minimum Gasteiger partial charge on any atom is -0.376 e. The lowest BCUT2D eigenvalue weighted by Crippen LogP contribution is -2.16. The van der Waals surface area contributed by atoms with Gasteiger partial charge < -0.3 is 10.1 Å². The number of halogens is 1. The predicted octanol–water partition coefficient (Wildman–Crippen LogP) is 2.81. The first-order chi connectivity index (χ1) is 8.27. The highest BCUT2D eigenvalue weighted by molar-refractivity contribution is 6.30. The molecule has 0 amide bonds. The number of anilines is 1. The summed E-state index contributed by atoms with van der Waals surface area (Å²) in [7, 11) is 0. The van der Waals surface area contributed by atoms with E-state index in [1.165, 1.54) is 32.0 Å². The molecule has 1 aromatic heterocycles. The third-order valence-electron chi connectivity index (χ3n) is 3.07. The predicted molar refractivity (Wildman–Crippen MR) is 68.5 cm³/mol. The molecule has 1 saturated carbocycles. The maximum absolute atomic E-state index is 5.91. The Morgan fingerprint density at radius 3 is 2.94 bits per heavy atom. The summed E-state index contributed by atoms with van der Waals surface area (Å²) < 4.78 is 5.76. The van der Waals surface area contributed by atoms with Gasteiger partial charge in [0, 0.05) is 12.1 Å². The highest BCUT2D eigenvalue weighted by Crippen LogP contribution is 2.21. The second kappa shape index (κ2) is 6.17. The van der Waals surface area contributed by atoms with Crippen LogP contribution in [0.2, 0.25) is 5.15 Å². The monoisotopic (exact) mass is 255 g/mol. The van der Waals surface area contributed by atoms with Gasteiger partial charge in [-0.15, -0.1) is 0 Å². The molecular formula is C12H18ClN3O. The van der Waals surface area contributed by atoms with E-state index in [0.29, 0.717) is 17.9 Å². The molecule has 0 unspecified atom stereocenters. The number of rotatable bonds is 5. The molecule has 0 aliphatic heterocycles. The number of ether oxygens (including phenoxy) is 1. The van der Waals surface area contributed by atoms with Gasteiger partial charge in [-0.05, 0) is 19.8 Å². The van der Waals surface area contributed by atoms with Gasteiger partial charge in [-0.1, -0.05) is 24.4 Å². The van der Waals surface area contributed by atoms with E-state index in [0.717, 1.165) is 17.9 Å². The molecule has 0 atom stereocenters. The standard InChI is InChI=1S/C12H18ClN3O/c1-9-11(13)15-8-16-12(9)14-6-7-17-10-4-2-3-5-10/h8,10H,2-7H2,1H3,(H,14,15,16). The highest BCUT2D eigenvalue weighted by Gasteiger charge is 2.14. The maximum Gasteiger partial charge on any atom is 0.137 e. The fraction of sp³-hybridized carbons (Fsp3) is 0.667. The van der Waals surface area contributed by atoms with Gasteiger partial charge in [0.2, 0.25) is 0 Å². The van der Waals surface area contributed by atoms with Gasteiger partial charge in [0.15, 0.2) is 0 Å². The molecule has 5 heteroatoms. The van der Waals surface area contributed by atoms with Crippen molar-refractivity contribution < 1.29 is 4.74 Å². The second-order valence-electron chi connectivity index (χ2n) is 4.34. The number of hydrogen-bond donors (Lipinski definition) is 1. The van der Waals surface area contributed by atoms with Crippen LogP contribution in [0.3, 0.4) is 0 Å². The van der Waals surface area contributed by atoms with E-state index in [2.05, 4.69) is 15.3 Å². The first kappa shape index (κ1) is 12.6. The molecule has 0 spiro atoms. The lowest BCUT2D eigenvalue weighted by molar-refractivity contribution is 0.0658. The van der Waals surface area contributed by atoms with Gasteiger partial charge in [-0.25, -0.2) is 9.97 Å².